The molecule has 1 saturated heterocycles. The highest BCUT2D eigenvalue weighted by molar-refractivity contribution is 5.98. The average molecular weight is 338 g/mol. The van der Waals surface area contributed by atoms with E-state index in [1.165, 1.54) is 0 Å². The first kappa shape index (κ1) is 17.5. The summed E-state index contributed by atoms with van der Waals surface area (Å²) in [6.07, 6.45) is 3.53. The number of nitrogens with one attached hydrogen (secondary N) is 1. The lowest BCUT2D eigenvalue weighted by Crippen LogP contribution is -2.41. The van der Waals surface area contributed by atoms with E-state index in [0.717, 1.165) is 30.0 Å². The quantitative estimate of drug-likeness (QED) is 0.902. The van der Waals surface area contributed by atoms with E-state index in [2.05, 4.69) is 19.2 Å². The van der Waals surface area contributed by atoms with Crippen LogP contribution in [0.25, 0.3) is 10.8 Å². The number of hydrogen-bond acceptors (Lipinski definition) is 2. The van der Waals surface area contributed by atoms with Gasteiger partial charge in [-0.25, -0.2) is 0 Å². The van der Waals surface area contributed by atoms with E-state index in [0.29, 0.717) is 30.6 Å². The first-order valence-electron chi connectivity index (χ1n) is 9.18. The zero-order chi connectivity index (χ0) is 17.8. The molecule has 4 nitrogen and oxygen atoms in total. The van der Waals surface area contributed by atoms with Gasteiger partial charge in [-0.15, -0.1) is 0 Å². The number of hydrogen-bond donors (Lipinski definition) is 1. The highest BCUT2D eigenvalue weighted by Gasteiger charge is 2.32. The van der Waals surface area contributed by atoms with Gasteiger partial charge in [-0.3, -0.25) is 9.59 Å². The van der Waals surface area contributed by atoms with Crippen molar-refractivity contribution in [2.45, 2.75) is 51.6 Å². The SMILES string of the molecule is CC[C@@H]1CC[C@@H](C)N1C(=O)CCNC(=O)c1ccc2ccccc2c1. The Balaban J connectivity index is 1.55. The van der Waals surface area contributed by atoms with Crippen LogP contribution in [0.3, 0.4) is 0 Å². The van der Waals surface area contributed by atoms with Crippen molar-refractivity contribution < 1.29 is 9.59 Å². The van der Waals surface area contributed by atoms with Crippen LogP contribution in [-0.4, -0.2) is 35.3 Å². The number of likely N-dealkylation sites (tertiary alicyclic amines) is 1. The lowest BCUT2D eigenvalue weighted by atomic mass is 10.1. The van der Waals surface area contributed by atoms with Crippen LogP contribution in [0.4, 0.5) is 0 Å². The molecule has 2 amide bonds. The predicted molar refractivity (Wildman–Crippen MR) is 101 cm³/mol. The number of benzene rings is 2. The van der Waals surface area contributed by atoms with E-state index >= 15 is 0 Å². The molecule has 1 heterocycles. The minimum atomic E-state index is -0.125. The van der Waals surface area contributed by atoms with Gasteiger partial charge in [-0.1, -0.05) is 37.3 Å². The summed E-state index contributed by atoms with van der Waals surface area (Å²) in [7, 11) is 0. The van der Waals surface area contributed by atoms with Crippen LogP contribution in [-0.2, 0) is 4.79 Å². The third-order valence-corrected chi connectivity index (χ3v) is 5.18. The number of rotatable bonds is 5. The van der Waals surface area contributed by atoms with Crippen molar-refractivity contribution in [3.63, 3.8) is 0 Å². The molecule has 1 fully saturated rings. The largest absolute Gasteiger partial charge is 0.352 e. The summed E-state index contributed by atoms with van der Waals surface area (Å²) in [5, 5.41) is 5.04. The van der Waals surface area contributed by atoms with Gasteiger partial charge in [0.2, 0.25) is 5.91 Å². The average Bonchev–Trinajstić information content (AvgIpc) is 3.01. The monoisotopic (exact) mass is 338 g/mol. The van der Waals surface area contributed by atoms with Crippen LogP contribution in [0.5, 0.6) is 0 Å². The molecule has 0 saturated carbocycles. The molecule has 2 aromatic rings. The minimum absolute atomic E-state index is 0.125. The number of fused-ring (bicyclic) bond motifs is 1. The second kappa shape index (κ2) is 7.68. The van der Waals surface area contributed by atoms with Crippen molar-refractivity contribution in [3.8, 4) is 0 Å². The van der Waals surface area contributed by atoms with Gasteiger partial charge in [0.05, 0.1) is 0 Å². The Kier molecular flexibility index (Phi) is 5.37. The molecule has 0 aliphatic carbocycles. The zero-order valence-corrected chi connectivity index (χ0v) is 15.0. The molecule has 132 valence electrons. The first-order chi connectivity index (χ1) is 12.1. The second-order valence-corrected chi connectivity index (χ2v) is 6.86. The van der Waals surface area contributed by atoms with Gasteiger partial charge in [0.25, 0.3) is 5.91 Å². The Morgan fingerprint density at radius 1 is 1.12 bits per heavy atom. The molecule has 2 aromatic carbocycles. The molecule has 4 heteroatoms. The Bertz CT molecular complexity index is 771. The Morgan fingerprint density at radius 3 is 2.64 bits per heavy atom. The lowest BCUT2D eigenvalue weighted by molar-refractivity contribution is -0.133. The smallest absolute Gasteiger partial charge is 0.251 e. The van der Waals surface area contributed by atoms with Crippen molar-refractivity contribution in [2.24, 2.45) is 0 Å². The maximum absolute atomic E-state index is 12.5. The summed E-state index contributed by atoms with van der Waals surface area (Å²) < 4.78 is 0. The standard InChI is InChI=1S/C21H26N2O2/c1-3-19-11-8-15(2)23(19)20(24)12-13-22-21(25)18-10-9-16-6-4-5-7-17(16)14-18/h4-7,9-10,14-15,19H,3,8,11-13H2,1-2H3,(H,22,25)/t15-,19-/m1/s1. The normalized spacial score (nSPS) is 20.0. The fourth-order valence-corrected chi connectivity index (χ4v) is 3.77. The summed E-state index contributed by atoms with van der Waals surface area (Å²) in [4.78, 5) is 26.8. The zero-order valence-electron chi connectivity index (χ0n) is 15.0. The van der Waals surface area contributed by atoms with E-state index in [1.807, 2.05) is 47.4 Å². The van der Waals surface area contributed by atoms with Gasteiger partial charge in [0.1, 0.15) is 0 Å². The van der Waals surface area contributed by atoms with Crippen LogP contribution >= 0.6 is 0 Å². The fourth-order valence-electron chi connectivity index (χ4n) is 3.77. The third-order valence-electron chi connectivity index (χ3n) is 5.18. The predicted octanol–water partition coefficient (Wildman–Crippen LogP) is 3.75. The van der Waals surface area contributed by atoms with E-state index in [-0.39, 0.29) is 11.8 Å². The molecule has 1 N–H and O–H groups in total. The number of carbonyl (C=O) groups is 2. The minimum Gasteiger partial charge on any atom is -0.352 e. The van der Waals surface area contributed by atoms with Gasteiger partial charge in [-0.05, 0) is 49.1 Å². The third kappa shape index (κ3) is 3.84. The molecule has 1 aliphatic heterocycles. The Labute approximate surface area is 149 Å². The molecule has 1 aliphatic rings. The Morgan fingerprint density at radius 2 is 1.88 bits per heavy atom. The van der Waals surface area contributed by atoms with Gasteiger partial charge >= 0.3 is 0 Å². The highest BCUT2D eigenvalue weighted by Crippen LogP contribution is 2.26. The molecule has 25 heavy (non-hydrogen) atoms. The van der Waals surface area contributed by atoms with E-state index in [1.54, 1.807) is 0 Å². The summed E-state index contributed by atoms with van der Waals surface area (Å²) in [5.41, 5.74) is 0.632. The first-order valence-corrected chi connectivity index (χ1v) is 9.18. The van der Waals surface area contributed by atoms with Gasteiger partial charge < -0.3 is 10.2 Å². The fraction of sp³-hybridized carbons (Fsp3) is 0.429. The topological polar surface area (TPSA) is 49.4 Å². The van der Waals surface area contributed by atoms with Crippen molar-refractivity contribution in [3.05, 3.63) is 48.0 Å². The van der Waals surface area contributed by atoms with Crippen LogP contribution in [0, 0.1) is 0 Å². The van der Waals surface area contributed by atoms with E-state index in [9.17, 15) is 9.59 Å². The summed E-state index contributed by atoms with van der Waals surface area (Å²) in [6, 6.07) is 14.3. The highest BCUT2D eigenvalue weighted by atomic mass is 16.2. The maximum atomic E-state index is 12.5. The van der Waals surface area contributed by atoms with Crippen LogP contribution < -0.4 is 5.32 Å². The number of nitrogens with zero attached hydrogens (tertiary/aromatic N) is 1. The molecule has 0 spiro atoms. The molecule has 0 radical (unpaired) electrons. The molecular formula is C21H26N2O2. The Hall–Kier alpha value is -2.36. The second-order valence-electron chi connectivity index (χ2n) is 6.86. The van der Waals surface area contributed by atoms with Gasteiger partial charge in [-0.2, -0.15) is 0 Å². The van der Waals surface area contributed by atoms with Gasteiger partial charge in [0, 0.05) is 30.6 Å². The molecule has 2 atom stereocenters. The number of carbonyl (C=O) groups excluding carboxylic acids is 2. The van der Waals surface area contributed by atoms with Crippen LogP contribution in [0.1, 0.15) is 49.9 Å². The molecule has 0 bridgehead atoms. The van der Waals surface area contributed by atoms with Crippen molar-refractivity contribution >= 4 is 22.6 Å². The van der Waals surface area contributed by atoms with Crippen LogP contribution in [0.15, 0.2) is 42.5 Å². The number of amides is 2. The van der Waals surface area contributed by atoms with Crippen molar-refractivity contribution in [1.29, 1.82) is 0 Å². The van der Waals surface area contributed by atoms with E-state index < -0.39 is 0 Å². The van der Waals surface area contributed by atoms with Crippen LogP contribution in [0.2, 0.25) is 0 Å². The molecular weight excluding hydrogens is 312 g/mol. The molecule has 0 unspecified atom stereocenters. The summed E-state index contributed by atoms with van der Waals surface area (Å²) in [6.45, 7) is 4.62. The van der Waals surface area contributed by atoms with Gasteiger partial charge in [0.15, 0.2) is 0 Å². The van der Waals surface area contributed by atoms with Crippen molar-refractivity contribution in [2.75, 3.05) is 6.54 Å². The summed E-state index contributed by atoms with van der Waals surface area (Å²) >= 11 is 0. The van der Waals surface area contributed by atoms with Crippen molar-refractivity contribution in [1.82, 2.24) is 10.2 Å². The van der Waals surface area contributed by atoms with E-state index in [4.69, 9.17) is 0 Å². The lowest BCUT2D eigenvalue weighted by Gasteiger charge is -2.28. The summed E-state index contributed by atoms with van der Waals surface area (Å²) in [5.74, 6) is 0.0238. The molecule has 3 rings (SSSR count). The maximum Gasteiger partial charge on any atom is 0.251 e. The molecule has 0 aromatic heterocycles.